The topological polar surface area (TPSA) is 58.4 Å². The van der Waals surface area contributed by atoms with E-state index in [2.05, 4.69) is 55.3 Å². The van der Waals surface area contributed by atoms with Gasteiger partial charge in [-0.1, -0.05) is 39.0 Å². The zero-order valence-electron chi connectivity index (χ0n) is 17.7. The van der Waals surface area contributed by atoms with Gasteiger partial charge in [0, 0.05) is 36.1 Å². The van der Waals surface area contributed by atoms with Crippen molar-refractivity contribution in [3.05, 3.63) is 59.2 Å². The number of rotatable bonds is 3. The molecule has 2 aromatic carbocycles. The highest BCUT2D eigenvalue weighted by Gasteiger charge is 2.22. The zero-order chi connectivity index (χ0) is 19.6. The molecule has 0 radical (unpaired) electrons. The summed E-state index contributed by atoms with van der Waals surface area (Å²) in [7, 11) is 0. The maximum Gasteiger partial charge on any atom is 0.251 e. The molecule has 3 N–H and O–H groups in total. The molecule has 6 heteroatoms. The molecule has 4 nitrogen and oxygen atoms in total. The van der Waals surface area contributed by atoms with Crippen molar-refractivity contribution >= 4 is 42.1 Å². The molecule has 29 heavy (non-hydrogen) atoms. The van der Waals surface area contributed by atoms with Crippen LogP contribution in [-0.4, -0.2) is 25.0 Å². The minimum Gasteiger partial charge on any atom is -0.399 e. The molecule has 1 saturated heterocycles. The molecule has 0 aliphatic carbocycles. The maximum absolute atomic E-state index is 12.6. The van der Waals surface area contributed by atoms with Crippen LogP contribution in [0.15, 0.2) is 42.5 Å². The third-order valence-corrected chi connectivity index (χ3v) is 5.43. The van der Waals surface area contributed by atoms with E-state index in [4.69, 9.17) is 5.73 Å². The summed E-state index contributed by atoms with van der Waals surface area (Å²) in [6.45, 7) is 10.6. The summed E-state index contributed by atoms with van der Waals surface area (Å²) in [5, 5.41) is 3.18. The third-order valence-electron chi connectivity index (χ3n) is 5.43. The van der Waals surface area contributed by atoms with E-state index in [0.29, 0.717) is 11.3 Å². The molecule has 0 bridgehead atoms. The van der Waals surface area contributed by atoms with E-state index in [1.54, 1.807) is 6.07 Å². The number of nitrogens with one attached hydrogen (secondary N) is 1. The lowest BCUT2D eigenvalue weighted by molar-refractivity contribution is 0.0930. The minimum absolute atomic E-state index is 0. The molecule has 2 aromatic rings. The van der Waals surface area contributed by atoms with Gasteiger partial charge in [-0.2, -0.15) is 0 Å². The van der Waals surface area contributed by atoms with Crippen LogP contribution >= 0.6 is 24.8 Å². The first-order valence-electron chi connectivity index (χ1n) is 9.76. The van der Waals surface area contributed by atoms with E-state index in [1.165, 1.54) is 11.3 Å². The van der Waals surface area contributed by atoms with Gasteiger partial charge >= 0.3 is 0 Å². The number of halogens is 2. The van der Waals surface area contributed by atoms with E-state index < -0.39 is 0 Å². The van der Waals surface area contributed by atoms with E-state index in [-0.39, 0.29) is 42.2 Å². The zero-order valence-corrected chi connectivity index (χ0v) is 19.3. The fourth-order valence-corrected chi connectivity index (χ4v) is 3.60. The molecule has 0 aromatic heterocycles. The Kier molecular flexibility index (Phi) is 8.85. The van der Waals surface area contributed by atoms with Gasteiger partial charge in [-0.05, 0) is 60.6 Å². The van der Waals surface area contributed by atoms with Gasteiger partial charge in [-0.15, -0.1) is 24.8 Å². The first-order valence-corrected chi connectivity index (χ1v) is 9.76. The van der Waals surface area contributed by atoms with Crippen molar-refractivity contribution in [1.82, 2.24) is 5.32 Å². The number of hydrogen-bond donors (Lipinski definition) is 2. The van der Waals surface area contributed by atoms with Crippen molar-refractivity contribution in [3.63, 3.8) is 0 Å². The Hall–Kier alpha value is -1.91. The summed E-state index contributed by atoms with van der Waals surface area (Å²) in [5.74, 6) is -0.0206. The van der Waals surface area contributed by atoms with Crippen LogP contribution in [0.4, 0.5) is 11.4 Å². The average Bonchev–Trinajstić information content (AvgIpc) is 2.63. The first-order chi connectivity index (χ1) is 12.7. The highest BCUT2D eigenvalue weighted by atomic mass is 35.5. The van der Waals surface area contributed by atoms with E-state index in [1.807, 2.05) is 19.1 Å². The maximum atomic E-state index is 12.6. The molecular formula is C23H33Cl2N3O. The lowest BCUT2D eigenvalue weighted by Gasteiger charge is -2.34. The minimum atomic E-state index is -0.0206. The molecule has 1 amide bonds. The Morgan fingerprint density at radius 1 is 1.03 bits per heavy atom. The number of nitrogens with two attached hydrogens (primary N) is 1. The van der Waals surface area contributed by atoms with Gasteiger partial charge in [-0.25, -0.2) is 0 Å². The predicted molar refractivity (Wildman–Crippen MR) is 128 cm³/mol. The number of nitrogens with zero attached hydrogens (tertiary/aromatic N) is 1. The number of piperidine rings is 1. The molecule has 0 saturated carbocycles. The Bertz CT molecular complexity index is 808. The number of amides is 1. The standard InChI is InChI=1S/C23H31N3O.2ClH/c1-16-5-8-18(24)15-21(16)22(27)25-19-11-13-26(14-12-19)20-9-6-17(7-10-20)23(2,3)4;;/h5-10,15,19H,11-14,24H2,1-4H3,(H,25,27);2*1H. The van der Waals surface area contributed by atoms with E-state index in [9.17, 15) is 4.79 Å². The largest absolute Gasteiger partial charge is 0.399 e. The molecule has 1 aliphatic heterocycles. The molecule has 1 heterocycles. The van der Waals surface area contributed by atoms with Gasteiger partial charge < -0.3 is 16.0 Å². The van der Waals surface area contributed by atoms with Gasteiger partial charge in [0.25, 0.3) is 5.91 Å². The highest BCUT2D eigenvalue weighted by Crippen LogP contribution is 2.26. The number of carbonyl (C=O) groups excluding carboxylic acids is 1. The predicted octanol–water partition coefficient (Wildman–Crippen LogP) is 5.12. The molecule has 0 spiro atoms. The van der Waals surface area contributed by atoms with Gasteiger partial charge in [0.05, 0.1) is 0 Å². The summed E-state index contributed by atoms with van der Waals surface area (Å²) in [4.78, 5) is 15.0. The van der Waals surface area contributed by atoms with Crippen molar-refractivity contribution < 1.29 is 4.79 Å². The lowest BCUT2D eigenvalue weighted by atomic mass is 9.87. The average molecular weight is 438 g/mol. The van der Waals surface area contributed by atoms with Gasteiger partial charge in [0.15, 0.2) is 0 Å². The second-order valence-corrected chi connectivity index (χ2v) is 8.61. The van der Waals surface area contributed by atoms with Crippen molar-refractivity contribution in [1.29, 1.82) is 0 Å². The second kappa shape index (κ2) is 10.2. The summed E-state index contributed by atoms with van der Waals surface area (Å²) in [5.41, 5.74) is 10.9. The smallest absolute Gasteiger partial charge is 0.251 e. The van der Waals surface area contributed by atoms with Gasteiger partial charge in [0.1, 0.15) is 0 Å². The van der Waals surface area contributed by atoms with Crippen molar-refractivity contribution in [2.75, 3.05) is 23.7 Å². The Labute approximate surface area is 187 Å². The van der Waals surface area contributed by atoms with Crippen molar-refractivity contribution in [3.8, 4) is 0 Å². The number of aryl methyl sites for hydroxylation is 1. The lowest BCUT2D eigenvalue weighted by Crippen LogP contribution is -2.44. The molecule has 1 fully saturated rings. The van der Waals surface area contributed by atoms with Crippen LogP contribution in [0.25, 0.3) is 0 Å². The fraction of sp³-hybridized carbons (Fsp3) is 0.435. The SMILES string of the molecule is Cc1ccc(N)cc1C(=O)NC1CCN(c2ccc(C(C)(C)C)cc2)CC1.Cl.Cl. The number of nitrogen functional groups attached to an aromatic ring is 1. The van der Waals surface area contributed by atoms with Crippen LogP contribution in [0, 0.1) is 6.92 Å². The quantitative estimate of drug-likeness (QED) is 0.655. The summed E-state index contributed by atoms with van der Waals surface area (Å²) < 4.78 is 0. The van der Waals surface area contributed by atoms with Gasteiger partial charge in [0.2, 0.25) is 0 Å². The van der Waals surface area contributed by atoms with Crippen LogP contribution in [0.5, 0.6) is 0 Å². The van der Waals surface area contributed by atoms with Crippen LogP contribution in [0.3, 0.4) is 0 Å². The van der Waals surface area contributed by atoms with Crippen molar-refractivity contribution in [2.45, 2.75) is 52.0 Å². The number of carbonyl (C=O) groups is 1. The summed E-state index contributed by atoms with van der Waals surface area (Å²) in [6, 6.07) is 14.6. The Morgan fingerprint density at radius 3 is 2.17 bits per heavy atom. The Balaban J connectivity index is 0.00000210. The van der Waals surface area contributed by atoms with E-state index >= 15 is 0 Å². The normalized spacial score (nSPS) is 14.6. The molecule has 0 unspecified atom stereocenters. The molecule has 3 rings (SSSR count). The molecule has 0 atom stereocenters. The number of anilines is 2. The fourth-order valence-electron chi connectivity index (χ4n) is 3.60. The third kappa shape index (κ3) is 6.28. The monoisotopic (exact) mass is 437 g/mol. The van der Waals surface area contributed by atoms with Crippen LogP contribution < -0.4 is 16.0 Å². The van der Waals surface area contributed by atoms with Gasteiger partial charge in [-0.3, -0.25) is 4.79 Å². The van der Waals surface area contributed by atoms with Crippen molar-refractivity contribution in [2.24, 2.45) is 0 Å². The highest BCUT2D eigenvalue weighted by molar-refractivity contribution is 5.96. The summed E-state index contributed by atoms with van der Waals surface area (Å²) >= 11 is 0. The first kappa shape index (κ1) is 25.1. The Morgan fingerprint density at radius 2 is 1.62 bits per heavy atom. The molecule has 160 valence electrons. The number of hydrogen-bond acceptors (Lipinski definition) is 3. The van der Waals surface area contributed by atoms with Crippen LogP contribution in [0.1, 0.15) is 55.1 Å². The summed E-state index contributed by atoms with van der Waals surface area (Å²) in [6.07, 6.45) is 1.91. The van der Waals surface area contributed by atoms with E-state index in [0.717, 1.165) is 31.5 Å². The van der Waals surface area contributed by atoms with Crippen LogP contribution in [0.2, 0.25) is 0 Å². The molecule has 1 aliphatic rings. The second-order valence-electron chi connectivity index (χ2n) is 8.61. The molecular weight excluding hydrogens is 405 g/mol. The van der Waals surface area contributed by atoms with Crippen LogP contribution in [-0.2, 0) is 5.41 Å². The number of benzene rings is 2.